The fourth-order valence-corrected chi connectivity index (χ4v) is 3.57. The molecule has 122 valence electrons. The second-order valence-corrected chi connectivity index (χ2v) is 7.81. The second kappa shape index (κ2) is 7.74. The SMILES string of the molecule is CCS(=O)(=O)N1CCC(NC(=O)CC(C)CC(=O)O)CC1. The Labute approximate surface area is 125 Å². The third-order valence-corrected chi connectivity index (χ3v) is 5.52. The Hall–Kier alpha value is -1.15. The van der Waals surface area contributed by atoms with Crippen LogP contribution in [-0.2, 0) is 19.6 Å². The van der Waals surface area contributed by atoms with E-state index in [1.54, 1.807) is 13.8 Å². The van der Waals surface area contributed by atoms with Gasteiger partial charge in [0.05, 0.1) is 5.75 Å². The first-order chi connectivity index (χ1) is 9.74. The van der Waals surface area contributed by atoms with Gasteiger partial charge in [0.1, 0.15) is 0 Å². The largest absolute Gasteiger partial charge is 0.481 e. The molecule has 0 aromatic carbocycles. The molecule has 0 spiro atoms. The molecular formula is C13H24N2O5S. The van der Waals surface area contributed by atoms with Crippen molar-refractivity contribution >= 4 is 21.9 Å². The second-order valence-electron chi connectivity index (χ2n) is 5.55. The molecule has 0 aromatic rings. The number of rotatable bonds is 7. The Kier molecular flexibility index (Phi) is 6.60. The Balaban J connectivity index is 2.35. The third-order valence-electron chi connectivity index (χ3n) is 3.63. The van der Waals surface area contributed by atoms with E-state index in [0.717, 1.165) is 0 Å². The Morgan fingerprint density at radius 1 is 1.29 bits per heavy atom. The van der Waals surface area contributed by atoms with Crippen LogP contribution in [0.5, 0.6) is 0 Å². The van der Waals surface area contributed by atoms with Gasteiger partial charge in [0.2, 0.25) is 15.9 Å². The minimum Gasteiger partial charge on any atom is -0.481 e. The zero-order valence-electron chi connectivity index (χ0n) is 12.5. The van der Waals surface area contributed by atoms with Crippen molar-refractivity contribution < 1.29 is 23.1 Å². The van der Waals surface area contributed by atoms with Crippen LogP contribution in [0.15, 0.2) is 0 Å². The minimum atomic E-state index is -3.15. The molecule has 1 aliphatic heterocycles. The van der Waals surface area contributed by atoms with Crippen molar-refractivity contribution in [3.63, 3.8) is 0 Å². The quantitative estimate of drug-likeness (QED) is 0.707. The van der Waals surface area contributed by atoms with Crippen molar-refractivity contribution in [3.8, 4) is 0 Å². The fraction of sp³-hybridized carbons (Fsp3) is 0.846. The third kappa shape index (κ3) is 6.01. The minimum absolute atomic E-state index is 0.0272. The monoisotopic (exact) mass is 320 g/mol. The van der Waals surface area contributed by atoms with Gasteiger partial charge in [-0.25, -0.2) is 12.7 Å². The van der Waals surface area contributed by atoms with E-state index < -0.39 is 16.0 Å². The van der Waals surface area contributed by atoms with Gasteiger partial charge in [0.15, 0.2) is 0 Å². The highest BCUT2D eigenvalue weighted by Gasteiger charge is 2.27. The molecule has 1 saturated heterocycles. The highest BCUT2D eigenvalue weighted by atomic mass is 32.2. The van der Waals surface area contributed by atoms with Gasteiger partial charge < -0.3 is 10.4 Å². The molecule has 1 heterocycles. The van der Waals surface area contributed by atoms with Gasteiger partial charge in [-0.3, -0.25) is 9.59 Å². The van der Waals surface area contributed by atoms with Crippen LogP contribution in [0.4, 0.5) is 0 Å². The average molecular weight is 320 g/mol. The summed E-state index contributed by atoms with van der Waals surface area (Å²) in [6.07, 6.45) is 1.34. The predicted octanol–water partition coefficient (Wildman–Crippen LogP) is 0.418. The van der Waals surface area contributed by atoms with Crippen LogP contribution in [-0.4, -0.2) is 54.6 Å². The standard InChI is InChI=1S/C13H24N2O5S/c1-3-21(19,20)15-6-4-11(5-7-15)14-12(16)8-10(2)9-13(17)18/h10-11H,3-9H2,1-2H3,(H,14,16)(H,17,18). The molecule has 0 bridgehead atoms. The van der Waals surface area contributed by atoms with Gasteiger partial charge in [-0.15, -0.1) is 0 Å². The van der Waals surface area contributed by atoms with E-state index in [1.165, 1.54) is 4.31 Å². The molecule has 1 amide bonds. The number of nitrogens with zero attached hydrogens (tertiary/aromatic N) is 1. The van der Waals surface area contributed by atoms with Gasteiger partial charge in [0, 0.05) is 32.0 Å². The number of aliphatic carboxylic acids is 1. The summed E-state index contributed by atoms with van der Waals surface area (Å²) in [7, 11) is -3.15. The summed E-state index contributed by atoms with van der Waals surface area (Å²) in [6.45, 7) is 4.19. The zero-order chi connectivity index (χ0) is 16.0. The molecule has 0 saturated carbocycles. The number of piperidine rings is 1. The number of hydrogen-bond donors (Lipinski definition) is 2. The van der Waals surface area contributed by atoms with E-state index in [0.29, 0.717) is 25.9 Å². The first-order valence-corrected chi connectivity index (χ1v) is 8.84. The van der Waals surface area contributed by atoms with Gasteiger partial charge >= 0.3 is 5.97 Å². The Bertz CT molecular complexity index is 469. The molecule has 0 aromatic heterocycles. The molecule has 1 rings (SSSR count). The Morgan fingerprint density at radius 3 is 2.33 bits per heavy atom. The number of carbonyl (C=O) groups is 2. The van der Waals surface area contributed by atoms with E-state index >= 15 is 0 Å². The number of amides is 1. The van der Waals surface area contributed by atoms with Crippen LogP contribution >= 0.6 is 0 Å². The molecule has 0 aliphatic carbocycles. The number of hydrogen-bond acceptors (Lipinski definition) is 4. The van der Waals surface area contributed by atoms with Crippen molar-refractivity contribution in [2.75, 3.05) is 18.8 Å². The number of carboxylic acids is 1. The summed E-state index contributed by atoms with van der Waals surface area (Å²) >= 11 is 0. The first kappa shape index (κ1) is 17.9. The van der Waals surface area contributed by atoms with Crippen LogP contribution in [0.3, 0.4) is 0 Å². The summed E-state index contributed by atoms with van der Waals surface area (Å²) in [5.41, 5.74) is 0. The fourth-order valence-electron chi connectivity index (χ4n) is 2.43. The van der Waals surface area contributed by atoms with Crippen molar-refractivity contribution in [2.45, 2.75) is 45.6 Å². The van der Waals surface area contributed by atoms with Crippen LogP contribution in [0.25, 0.3) is 0 Å². The summed E-state index contributed by atoms with van der Waals surface area (Å²) in [5.74, 6) is -1.19. The highest BCUT2D eigenvalue weighted by Crippen LogP contribution is 2.15. The number of sulfonamides is 1. The summed E-state index contributed by atoms with van der Waals surface area (Å²) in [4.78, 5) is 22.3. The molecule has 21 heavy (non-hydrogen) atoms. The molecule has 1 aliphatic rings. The van der Waals surface area contributed by atoms with Crippen LogP contribution in [0, 0.1) is 5.92 Å². The Morgan fingerprint density at radius 2 is 1.86 bits per heavy atom. The van der Waals surface area contributed by atoms with Crippen LogP contribution in [0.1, 0.15) is 39.5 Å². The molecule has 1 unspecified atom stereocenters. The molecule has 7 nitrogen and oxygen atoms in total. The lowest BCUT2D eigenvalue weighted by Crippen LogP contribution is -2.47. The molecular weight excluding hydrogens is 296 g/mol. The first-order valence-electron chi connectivity index (χ1n) is 7.23. The maximum absolute atomic E-state index is 11.8. The normalized spacial score (nSPS) is 19.1. The molecule has 0 radical (unpaired) electrons. The number of nitrogens with one attached hydrogen (secondary N) is 1. The predicted molar refractivity (Wildman–Crippen MR) is 78.2 cm³/mol. The lowest BCUT2D eigenvalue weighted by atomic mass is 10.0. The van der Waals surface area contributed by atoms with Crippen molar-refractivity contribution in [3.05, 3.63) is 0 Å². The molecule has 8 heteroatoms. The summed E-state index contributed by atoms with van der Waals surface area (Å²) in [5, 5.41) is 11.5. The van der Waals surface area contributed by atoms with Crippen LogP contribution < -0.4 is 5.32 Å². The summed E-state index contributed by atoms with van der Waals surface area (Å²) in [6, 6.07) is -0.0298. The van der Waals surface area contributed by atoms with E-state index in [9.17, 15) is 18.0 Å². The lowest BCUT2D eigenvalue weighted by Gasteiger charge is -2.31. The molecule has 1 fully saturated rings. The van der Waals surface area contributed by atoms with Crippen molar-refractivity contribution in [1.29, 1.82) is 0 Å². The zero-order valence-corrected chi connectivity index (χ0v) is 13.4. The van der Waals surface area contributed by atoms with Crippen molar-refractivity contribution in [1.82, 2.24) is 9.62 Å². The van der Waals surface area contributed by atoms with Gasteiger partial charge in [0.25, 0.3) is 0 Å². The van der Waals surface area contributed by atoms with E-state index in [4.69, 9.17) is 5.11 Å². The lowest BCUT2D eigenvalue weighted by molar-refractivity contribution is -0.138. The number of carbonyl (C=O) groups excluding carboxylic acids is 1. The number of carboxylic acid groups (broad SMARTS) is 1. The maximum atomic E-state index is 11.8. The highest BCUT2D eigenvalue weighted by molar-refractivity contribution is 7.89. The van der Waals surface area contributed by atoms with Crippen LogP contribution in [0.2, 0.25) is 0 Å². The van der Waals surface area contributed by atoms with E-state index in [1.807, 2.05) is 0 Å². The topological polar surface area (TPSA) is 104 Å². The molecule has 2 N–H and O–H groups in total. The van der Waals surface area contributed by atoms with Gasteiger partial charge in [-0.1, -0.05) is 6.92 Å². The van der Waals surface area contributed by atoms with Gasteiger partial charge in [-0.2, -0.15) is 0 Å². The summed E-state index contributed by atoms with van der Waals surface area (Å²) < 4.78 is 24.9. The smallest absolute Gasteiger partial charge is 0.303 e. The van der Waals surface area contributed by atoms with Crippen molar-refractivity contribution in [2.24, 2.45) is 5.92 Å². The molecule has 1 atom stereocenters. The maximum Gasteiger partial charge on any atom is 0.303 e. The van der Waals surface area contributed by atoms with Gasteiger partial charge in [-0.05, 0) is 25.7 Å². The van der Waals surface area contributed by atoms with E-state index in [2.05, 4.69) is 5.32 Å². The van der Waals surface area contributed by atoms with E-state index in [-0.39, 0.29) is 36.5 Å². The average Bonchev–Trinajstić information content (AvgIpc) is 2.38.